The van der Waals surface area contributed by atoms with Gasteiger partial charge in [-0.2, -0.15) is 8.42 Å². The molecule has 0 fully saturated rings. The van der Waals surface area contributed by atoms with E-state index < -0.39 is 17.7 Å². The van der Waals surface area contributed by atoms with Gasteiger partial charge in [0, 0.05) is 0 Å². The van der Waals surface area contributed by atoms with Gasteiger partial charge in [0.05, 0.1) is 18.1 Å². The van der Waals surface area contributed by atoms with Crippen molar-refractivity contribution < 1.29 is 31.0 Å². The van der Waals surface area contributed by atoms with Crippen molar-refractivity contribution in [2.24, 2.45) is 0 Å². The number of rotatable bonds is 11. The van der Waals surface area contributed by atoms with Gasteiger partial charge in [0.25, 0.3) is 10.1 Å². The highest BCUT2D eigenvalue weighted by molar-refractivity contribution is 7.86. The third-order valence-corrected chi connectivity index (χ3v) is 7.13. The van der Waals surface area contributed by atoms with Crippen LogP contribution in [0.2, 0.25) is 0 Å². The van der Waals surface area contributed by atoms with Gasteiger partial charge in [0.15, 0.2) is 0 Å². The molecule has 0 N–H and O–H groups in total. The Morgan fingerprint density at radius 2 is 1.50 bits per heavy atom. The van der Waals surface area contributed by atoms with Crippen molar-refractivity contribution in [1.82, 2.24) is 0 Å². The van der Waals surface area contributed by atoms with Gasteiger partial charge in [-0.1, -0.05) is 29.8 Å². The summed E-state index contributed by atoms with van der Waals surface area (Å²) in [6.07, 6.45) is 0. The van der Waals surface area contributed by atoms with Gasteiger partial charge in [-0.25, -0.2) is 0 Å². The lowest BCUT2D eigenvalue weighted by atomic mass is 10.2. The summed E-state index contributed by atoms with van der Waals surface area (Å²) in [5, 5.41) is 0.292. The lowest BCUT2D eigenvalue weighted by Gasteiger charge is -2.20. The van der Waals surface area contributed by atoms with Crippen molar-refractivity contribution in [3.05, 3.63) is 54.1 Å². The highest BCUT2D eigenvalue weighted by Crippen LogP contribution is 2.49. The van der Waals surface area contributed by atoms with Crippen molar-refractivity contribution in [2.75, 3.05) is 26.4 Å². The molecule has 0 aliphatic heterocycles. The van der Waals surface area contributed by atoms with Crippen LogP contribution in [0.5, 0.6) is 5.75 Å². The van der Waals surface area contributed by atoms with Crippen LogP contribution in [0.4, 0.5) is 0 Å². The summed E-state index contributed by atoms with van der Waals surface area (Å²) in [6.45, 7) is 5.48. The SMILES string of the molecule is CCOP(=O)(OCC)c1ccccc1OCCOS(=O)(=O)c1ccc(C)cc1. The summed E-state index contributed by atoms with van der Waals surface area (Å²) < 4.78 is 58.7. The summed E-state index contributed by atoms with van der Waals surface area (Å²) in [5.74, 6) is 0.295. The highest BCUT2D eigenvalue weighted by atomic mass is 32.2. The van der Waals surface area contributed by atoms with Crippen molar-refractivity contribution in [3.63, 3.8) is 0 Å². The predicted molar refractivity (Wildman–Crippen MR) is 107 cm³/mol. The van der Waals surface area contributed by atoms with Gasteiger partial charge in [-0.15, -0.1) is 0 Å². The molecule has 7 nitrogen and oxygen atoms in total. The average Bonchev–Trinajstić information content (AvgIpc) is 2.66. The Balaban J connectivity index is 2.04. The van der Waals surface area contributed by atoms with Crippen LogP contribution >= 0.6 is 7.60 Å². The quantitative estimate of drug-likeness (QED) is 0.307. The van der Waals surface area contributed by atoms with E-state index in [-0.39, 0.29) is 31.3 Å². The molecule has 0 amide bonds. The van der Waals surface area contributed by atoms with Crippen LogP contribution in [0, 0.1) is 6.92 Å². The number of para-hydroxylation sites is 1. The molecule has 9 heteroatoms. The zero-order chi connectivity index (χ0) is 20.6. The van der Waals surface area contributed by atoms with Crippen molar-refractivity contribution in [1.29, 1.82) is 0 Å². The third-order valence-electron chi connectivity index (χ3n) is 3.65. The van der Waals surface area contributed by atoms with E-state index >= 15 is 0 Å². The Labute approximate surface area is 166 Å². The summed E-state index contributed by atoms with van der Waals surface area (Å²) in [6, 6.07) is 13.0. The maximum Gasteiger partial charge on any atom is 0.365 e. The van der Waals surface area contributed by atoms with Crippen LogP contribution in [0.25, 0.3) is 0 Å². The molecule has 0 heterocycles. The second-order valence-electron chi connectivity index (χ2n) is 5.74. The van der Waals surface area contributed by atoms with Crippen LogP contribution < -0.4 is 10.0 Å². The lowest BCUT2D eigenvalue weighted by molar-refractivity contribution is 0.216. The van der Waals surface area contributed by atoms with Crippen LogP contribution in [0.15, 0.2) is 53.4 Å². The van der Waals surface area contributed by atoms with E-state index in [1.165, 1.54) is 12.1 Å². The molecular formula is C19H25O7PS. The third kappa shape index (κ3) is 5.90. The minimum atomic E-state index is -3.87. The summed E-state index contributed by atoms with van der Waals surface area (Å²) in [5.41, 5.74) is 0.951. The van der Waals surface area contributed by atoms with Gasteiger partial charge < -0.3 is 13.8 Å². The second-order valence-corrected chi connectivity index (χ2v) is 9.35. The first kappa shape index (κ1) is 22.6. The normalized spacial score (nSPS) is 12.1. The van der Waals surface area contributed by atoms with Crippen molar-refractivity contribution in [3.8, 4) is 5.75 Å². The molecule has 28 heavy (non-hydrogen) atoms. The Hall–Kier alpha value is -1.70. The number of hydrogen-bond donors (Lipinski definition) is 0. The maximum absolute atomic E-state index is 13.0. The lowest BCUT2D eigenvalue weighted by Crippen LogP contribution is -2.18. The van der Waals surface area contributed by atoms with Crippen molar-refractivity contribution >= 4 is 23.0 Å². The number of aryl methyl sites for hydroxylation is 1. The molecule has 0 saturated heterocycles. The Morgan fingerprint density at radius 1 is 0.893 bits per heavy atom. The van der Waals surface area contributed by atoms with Crippen LogP contribution in [-0.2, 0) is 27.9 Å². The minimum Gasteiger partial charge on any atom is -0.490 e. The van der Waals surface area contributed by atoms with E-state index in [0.717, 1.165) is 5.56 Å². The van der Waals surface area contributed by atoms with E-state index in [4.69, 9.17) is 18.0 Å². The molecule has 0 unspecified atom stereocenters. The van der Waals surface area contributed by atoms with Crippen molar-refractivity contribution in [2.45, 2.75) is 25.7 Å². The van der Waals surface area contributed by atoms with E-state index in [1.807, 2.05) is 6.92 Å². The molecule has 0 saturated carbocycles. The number of hydrogen-bond acceptors (Lipinski definition) is 7. The van der Waals surface area contributed by atoms with E-state index in [1.54, 1.807) is 50.2 Å². The first-order valence-electron chi connectivity index (χ1n) is 8.90. The molecule has 0 spiro atoms. The number of benzene rings is 2. The first-order chi connectivity index (χ1) is 13.3. The van der Waals surface area contributed by atoms with E-state index in [2.05, 4.69) is 0 Å². The molecular weight excluding hydrogens is 403 g/mol. The highest BCUT2D eigenvalue weighted by Gasteiger charge is 2.30. The molecule has 0 atom stereocenters. The van der Waals surface area contributed by atoms with E-state index in [9.17, 15) is 13.0 Å². The largest absolute Gasteiger partial charge is 0.490 e. The molecule has 0 aliphatic rings. The fourth-order valence-electron chi connectivity index (χ4n) is 2.39. The molecule has 2 aromatic carbocycles. The van der Waals surface area contributed by atoms with Crippen LogP contribution in [-0.4, -0.2) is 34.8 Å². The number of ether oxygens (including phenoxy) is 1. The smallest absolute Gasteiger partial charge is 0.365 e. The van der Waals surface area contributed by atoms with Gasteiger partial charge >= 0.3 is 7.60 Å². The topological polar surface area (TPSA) is 88.1 Å². The summed E-state index contributed by atoms with van der Waals surface area (Å²) >= 11 is 0. The fraction of sp³-hybridized carbons (Fsp3) is 0.368. The molecule has 0 radical (unpaired) electrons. The Kier molecular flexibility index (Phi) is 8.22. The summed E-state index contributed by atoms with van der Waals surface area (Å²) in [4.78, 5) is 0.0793. The van der Waals surface area contributed by atoms with E-state index in [0.29, 0.717) is 11.1 Å². The van der Waals surface area contributed by atoms with Gasteiger partial charge in [-0.05, 0) is 45.0 Å². The zero-order valence-electron chi connectivity index (χ0n) is 16.2. The molecule has 0 bridgehead atoms. The molecule has 2 aromatic rings. The van der Waals surface area contributed by atoms with Gasteiger partial charge in [0.2, 0.25) is 0 Å². The minimum absolute atomic E-state index is 0.0552. The fourth-order valence-corrected chi connectivity index (χ4v) is 4.99. The molecule has 0 aromatic heterocycles. The maximum atomic E-state index is 13.0. The Morgan fingerprint density at radius 3 is 2.11 bits per heavy atom. The molecule has 154 valence electrons. The molecule has 0 aliphatic carbocycles. The summed E-state index contributed by atoms with van der Waals surface area (Å²) in [7, 11) is -7.40. The second kappa shape index (κ2) is 10.2. The standard InChI is InChI=1S/C19H25O7PS/c1-4-24-27(20,25-5-2)19-9-7-6-8-18(19)23-14-15-26-28(21,22)17-12-10-16(3)11-13-17/h6-13H,4-5,14-15H2,1-3H3. The Bertz CT molecular complexity index is 900. The van der Waals surface area contributed by atoms with Crippen LogP contribution in [0.3, 0.4) is 0 Å². The first-order valence-corrected chi connectivity index (χ1v) is 11.8. The van der Waals surface area contributed by atoms with Gasteiger partial charge in [0.1, 0.15) is 24.3 Å². The predicted octanol–water partition coefficient (Wildman–Crippen LogP) is 3.67. The molecule has 2 rings (SSSR count). The van der Waals surface area contributed by atoms with Crippen LogP contribution in [0.1, 0.15) is 19.4 Å². The zero-order valence-corrected chi connectivity index (χ0v) is 17.9. The van der Waals surface area contributed by atoms with Gasteiger partial charge in [-0.3, -0.25) is 8.75 Å². The monoisotopic (exact) mass is 428 g/mol. The average molecular weight is 428 g/mol.